The molecule has 0 rings (SSSR count). The minimum absolute atomic E-state index is 0.902. The van der Waals surface area contributed by atoms with Gasteiger partial charge in [-0.3, -0.25) is 0 Å². The van der Waals surface area contributed by atoms with Crippen molar-refractivity contribution in [1.82, 2.24) is 0 Å². The number of halogens is 1. The Bertz CT molecular complexity index is 33.5. The van der Waals surface area contributed by atoms with E-state index in [0.29, 0.717) is 0 Å². The number of ether oxygens (including phenoxy) is 1. The van der Waals surface area contributed by atoms with Crippen molar-refractivity contribution in [3.05, 3.63) is 0 Å². The average Bonchev–Trinajstić information content (AvgIpc) is 1.81. The van der Waals surface area contributed by atoms with Crippen LogP contribution in [0, 0.1) is 0 Å². The second-order valence-corrected chi connectivity index (χ2v) is 2.45. The maximum absolute atomic E-state index is 5.19. The highest BCUT2D eigenvalue weighted by Gasteiger charge is 1.82. The van der Waals surface area contributed by atoms with Gasteiger partial charge in [0.15, 0.2) is 0 Å². The highest BCUT2D eigenvalue weighted by Crippen LogP contribution is 1.88. The van der Waals surface area contributed by atoms with E-state index in [4.69, 9.17) is 4.74 Å². The van der Waals surface area contributed by atoms with Crippen LogP contribution < -0.4 is 0 Å². The first kappa shape index (κ1) is 8.44. The van der Waals surface area contributed by atoms with E-state index >= 15 is 0 Å². The summed E-state index contributed by atoms with van der Waals surface area (Å²) in [5.41, 5.74) is 0. The van der Waals surface area contributed by atoms with Crippen molar-refractivity contribution in [3.8, 4) is 0 Å². The summed E-state index contributed by atoms with van der Waals surface area (Å²) in [7, 11) is 0. The molecule has 0 bridgehead atoms. The van der Waals surface area contributed by atoms with E-state index in [-0.39, 0.29) is 0 Å². The fourth-order valence-corrected chi connectivity index (χ4v) is 0.632. The normalized spacial score (nSPS) is 9.75. The van der Waals surface area contributed by atoms with Gasteiger partial charge < -0.3 is 4.74 Å². The molecule has 0 aliphatic heterocycles. The minimum Gasteiger partial charge on any atom is -0.381 e. The zero-order chi connectivity index (χ0) is 6.24. The Morgan fingerprint density at radius 1 is 1.38 bits per heavy atom. The van der Waals surface area contributed by atoms with Crippen LogP contribution in [0.4, 0.5) is 0 Å². The monoisotopic (exact) mass is 180 g/mol. The van der Waals surface area contributed by atoms with Crippen LogP contribution in [0.3, 0.4) is 0 Å². The van der Waals surface area contributed by atoms with Gasteiger partial charge in [0, 0.05) is 18.5 Å². The van der Waals surface area contributed by atoms with Crippen LogP contribution in [0.1, 0.15) is 19.8 Å². The number of hydrogen-bond acceptors (Lipinski definition) is 1. The Morgan fingerprint density at radius 2 is 2.12 bits per heavy atom. The maximum Gasteiger partial charge on any atom is 0.0474 e. The SMILES string of the molecule is CCCOCCCBr. The van der Waals surface area contributed by atoms with Gasteiger partial charge in [-0.2, -0.15) is 0 Å². The van der Waals surface area contributed by atoms with Crippen LogP contribution in [-0.2, 0) is 4.74 Å². The maximum atomic E-state index is 5.19. The zero-order valence-electron chi connectivity index (χ0n) is 5.32. The van der Waals surface area contributed by atoms with Crippen molar-refractivity contribution < 1.29 is 4.74 Å². The molecule has 0 fully saturated rings. The molecule has 0 spiro atoms. The number of rotatable bonds is 5. The highest BCUT2D eigenvalue weighted by atomic mass is 79.9. The van der Waals surface area contributed by atoms with Gasteiger partial charge in [-0.15, -0.1) is 0 Å². The molecule has 0 heterocycles. The summed E-state index contributed by atoms with van der Waals surface area (Å²) in [6.45, 7) is 3.93. The van der Waals surface area contributed by atoms with E-state index in [2.05, 4.69) is 22.9 Å². The summed E-state index contributed by atoms with van der Waals surface area (Å²) < 4.78 is 5.19. The highest BCUT2D eigenvalue weighted by molar-refractivity contribution is 9.09. The van der Waals surface area contributed by atoms with Crippen LogP contribution in [-0.4, -0.2) is 18.5 Å². The molecule has 8 heavy (non-hydrogen) atoms. The molecule has 2 heteroatoms. The summed E-state index contributed by atoms with van der Waals surface area (Å²) in [6, 6.07) is 0. The van der Waals surface area contributed by atoms with Crippen LogP contribution in [0.25, 0.3) is 0 Å². The van der Waals surface area contributed by atoms with Crippen LogP contribution in [0.15, 0.2) is 0 Å². The van der Waals surface area contributed by atoms with Crippen molar-refractivity contribution in [2.24, 2.45) is 0 Å². The average molecular weight is 181 g/mol. The molecule has 0 aliphatic rings. The predicted octanol–water partition coefficient (Wildman–Crippen LogP) is 2.20. The molecule has 0 aromatic rings. The topological polar surface area (TPSA) is 9.23 Å². The first-order chi connectivity index (χ1) is 3.91. The fourth-order valence-electron chi connectivity index (χ4n) is 0.403. The third-order valence-electron chi connectivity index (χ3n) is 0.771. The van der Waals surface area contributed by atoms with Crippen LogP contribution >= 0.6 is 15.9 Å². The van der Waals surface area contributed by atoms with Gasteiger partial charge in [-0.1, -0.05) is 22.9 Å². The molecule has 0 radical (unpaired) electrons. The Hall–Kier alpha value is 0.440. The third kappa shape index (κ3) is 6.44. The first-order valence-electron chi connectivity index (χ1n) is 3.05. The molecule has 0 amide bonds. The molecule has 0 N–H and O–H groups in total. The van der Waals surface area contributed by atoms with E-state index < -0.39 is 0 Å². The minimum atomic E-state index is 0.902. The smallest absolute Gasteiger partial charge is 0.0474 e. The van der Waals surface area contributed by atoms with E-state index in [1.54, 1.807) is 0 Å². The lowest BCUT2D eigenvalue weighted by Gasteiger charge is -1.97. The van der Waals surface area contributed by atoms with Crippen molar-refractivity contribution >= 4 is 15.9 Å². The molecular formula is C6H13BrO. The second kappa shape index (κ2) is 7.44. The summed E-state index contributed by atoms with van der Waals surface area (Å²) in [5.74, 6) is 0. The first-order valence-corrected chi connectivity index (χ1v) is 4.17. The van der Waals surface area contributed by atoms with Gasteiger partial charge in [-0.05, 0) is 12.8 Å². The quantitative estimate of drug-likeness (QED) is 0.466. The lowest BCUT2D eigenvalue weighted by molar-refractivity contribution is 0.136. The molecule has 0 aromatic heterocycles. The van der Waals surface area contributed by atoms with Crippen LogP contribution in [0.5, 0.6) is 0 Å². The van der Waals surface area contributed by atoms with Gasteiger partial charge >= 0.3 is 0 Å². The zero-order valence-corrected chi connectivity index (χ0v) is 6.91. The Balaban J connectivity index is 2.53. The molecule has 0 unspecified atom stereocenters. The predicted molar refractivity (Wildman–Crippen MR) is 39.5 cm³/mol. The van der Waals surface area contributed by atoms with E-state index in [1.165, 1.54) is 0 Å². The Morgan fingerprint density at radius 3 is 2.62 bits per heavy atom. The van der Waals surface area contributed by atoms with Crippen molar-refractivity contribution in [3.63, 3.8) is 0 Å². The summed E-state index contributed by atoms with van der Waals surface area (Å²) in [4.78, 5) is 0. The molecular weight excluding hydrogens is 168 g/mol. The van der Waals surface area contributed by atoms with E-state index in [9.17, 15) is 0 Å². The van der Waals surface area contributed by atoms with Crippen LogP contribution in [0.2, 0.25) is 0 Å². The second-order valence-electron chi connectivity index (χ2n) is 1.65. The number of alkyl halides is 1. The molecule has 0 aliphatic carbocycles. The summed E-state index contributed by atoms with van der Waals surface area (Å²) >= 11 is 3.32. The Labute approximate surface area is 59.5 Å². The van der Waals surface area contributed by atoms with E-state index in [0.717, 1.165) is 31.4 Å². The third-order valence-corrected chi connectivity index (χ3v) is 1.33. The van der Waals surface area contributed by atoms with E-state index in [1.807, 2.05) is 0 Å². The van der Waals surface area contributed by atoms with Crippen molar-refractivity contribution in [2.45, 2.75) is 19.8 Å². The summed E-state index contributed by atoms with van der Waals surface area (Å²) in [6.07, 6.45) is 2.25. The van der Waals surface area contributed by atoms with Gasteiger partial charge in [0.1, 0.15) is 0 Å². The molecule has 0 atom stereocenters. The molecule has 0 aromatic carbocycles. The Kier molecular flexibility index (Phi) is 7.85. The van der Waals surface area contributed by atoms with Gasteiger partial charge in [-0.25, -0.2) is 0 Å². The molecule has 50 valence electrons. The lowest BCUT2D eigenvalue weighted by atomic mass is 10.5. The lowest BCUT2D eigenvalue weighted by Crippen LogP contribution is -1.95. The van der Waals surface area contributed by atoms with Crippen molar-refractivity contribution in [2.75, 3.05) is 18.5 Å². The number of hydrogen-bond donors (Lipinski definition) is 0. The van der Waals surface area contributed by atoms with Gasteiger partial charge in [0.05, 0.1) is 0 Å². The van der Waals surface area contributed by atoms with Gasteiger partial charge in [0.25, 0.3) is 0 Å². The largest absolute Gasteiger partial charge is 0.381 e. The molecule has 0 saturated carbocycles. The molecule has 0 saturated heterocycles. The molecule has 1 nitrogen and oxygen atoms in total. The van der Waals surface area contributed by atoms with Crippen molar-refractivity contribution in [1.29, 1.82) is 0 Å². The van der Waals surface area contributed by atoms with Gasteiger partial charge in [0.2, 0.25) is 0 Å². The standard InChI is InChI=1S/C6H13BrO/c1-2-5-8-6-3-4-7/h2-6H2,1H3. The fraction of sp³-hybridized carbons (Fsp3) is 1.00. The summed E-state index contributed by atoms with van der Waals surface area (Å²) in [5, 5.41) is 1.05.